The first-order valence-corrected chi connectivity index (χ1v) is 4.75. The number of hydrogen-bond donors (Lipinski definition) is 0. The Labute approximate surface area is 84.6 Å². The van der Waals surface area contributed by atoms with Crippen LogP contribution in [0.3, 0.4) is 0 Å². The van der Waals surface area contributed by atoms with Gasteiger partial charge in [0.1, 0.15) is 12.6 Å². The molecule has 0 saturated carbocycles. The number of nitrogens with zero attached hydrogens (tertiary/aromatic N) is 2. The molecule has 1 aromatic heterocycles. The Balaban J connectivity index is 3.26. The molecule has 0 N–H and O–H groups in total. The quantitative estimate of drug-likeness (QED) is 0.688. The highest BCUT2D eigenvalue weighted by Crippen LogP contribution is 2.26. The number of rotatable bonds is 3. The van der Waals surface area contributed by atoms with Gasteiger partial charge in [-0.3, -0.25) is 0 Å². The predicted octanol–water partition coefficient (Wildman–Crippen LogP) is 2.08. The van der Waals surface area contributed by atoms with Crippen LogP contribution in [0, 0.1) is 0 Å². The highest BCUT2D eigenvalue weighted by atomic mass is 16.1. The Hall–Kier alpha value is -1.25. The van der Waals surface area contributed by atoms with Crippen molar-refractivity contribution in [3.8, 4) is 0 Å². The highest BCUT2D eigenvalue weighted by Gasteiger charge is 2.24. The van der Waals surface area contributed by atoms with Gasteiger partial charge in [0.15, 0.2) is 0 Å². The van der Waals surface area contributed by atoms with Crippen molar-refractivity contribution in [1.82, 2.24) is 9.97 Å². The van der Waals surface area contributed by atoms with Gasteiger partial charge >= 0.3 is 0 Å². The van der Waals surface area contributed by atoms with Crippen LogP contribution in [0.25, 0.3) is 0 Å². The van der Waals surface area contributed by atoms with Crippen molar-refractivity contribution < 1.29 is 4.79 Å². The van der Waals surface area contributed by atoms with E-state index in [1.165, 1.54) is 6.33 Å². The summed E-state index contributed by atoms with van der Waals surface area (Å²) in [6.45, 7) is 7.88. The molecular formula is C11H16N2O. The molecule has 0 aromatic carbocycles. The van der Waals surface area contributed by atoms with Crippen molar-refractivity contribution in [2.75, 3.05) is 0 Å². The first kappa shape index (κ1) is 10.8. The Morgan fingerprint density at radius 2 is 2.07 bits per heavy atom. The fraction of sp³-hybridized carbons (Fsp3) is 0.545. The first-order valence-electron chi connectivity index (χ1n) is 4.75. The molecule has 0 saturated heterocycles. The van der Waals surface area contributed by atoms with Crippen molar-refractivity contribution in [2.45, 2.75) is 39.0 Å². The van der Waals surface area contributed by atoms with E-state index < -0.39 is 5.41 Å². The molecule has 0 aliphatic carbocycles. The topological polar surface area (TPSA) is 42.9 Å². The summed E-state index contributed by atoms with van der Waals surface area (Å²) >= 11 is 0. The molecule has 0 amide bonds. The van der Waals surface area contributed by atoms with Crippen LogP contribution in [0.1, 0.15) is 44.9 Å². The van der Waals surface area contributed by atoms with Gasteiger partial charge in [0.25, 0.3) is 0 Å². The summed E-state index contributed by atoms with van der Waals surface area (Å²) < 4.78 is 0. The molecule has 1 heterocycles. The van der Waals surface area contributed by atoms with Gasteiger partial charge in [-0.25, -0.2) is 9.97 Å². The maximum Gasteiger partial charge on any atom is 0.130 e. The molecule has 1 rings (SSSR count). The summed E-state index contributed by atoms with van der Waals surface area (Å²) in [6, 6.07) is 0. The monoisotopic (exact) mass is 192 g/mol. The summed E-state index contributed by atoms with van der Waals surface area (Å²) in [4.78, 5) is 19.1. The standard InChI is InChI=1S/C11H16N2O/c1-8(2)10-9(5-12-7-13-10)11(3,4)6-14/h5-8H,1-4H3. The van der Waals surface area contributed by atoms with Gasteiger partial charge in [-0.1, -0.05) is 13.8 Å². The van der Waals surface area contributed by atoms with E-state index in [0.29, 0.717) is 5.92 Å². The van der Waals surface area contributed by atoms with Gasteiger partial charge in [-0.15, -0.1) is 0 Å². The molecule has 3 nitrogen and oxygen atoms in total. The number of carbonyl (C=O) groups is 1. The van der Waals surface area contributed by atoms with Crippen LogP contribution in [0.2, 0.25) is 0 Å². The zero-order valence-corrected chi connectivity index (χ0v) is 9.11. The van der Waals surface area contributed by atoms with Crippen LogP contribution < -0.4 is 0 Å². The van der Waals surface area contributed by atoms with Gasteiger partial charge in [-0.2, -0.15) is 0 Å². The second kappa shape index (κ2) is 3.86. The minimum atomic E-state index is -0.499. The summed E-state index contributed by atoms with van der Waals surface area (Å²) in [5.74, 6) is 0.312. The molecular weight excluding hydrogens is 176 g/mol. The number of hydrogen-bond acceptors (Lipinski definition) is 3. The maximum atomic E-state index is 10.9. The van der Waals surface area contributed by atoms with Crippen LogP contribution in [0.4, 0.5) is 0 Å². The van der Waals surface area contributed by atoms with Crippen molar-refractivity contribution in [2.24, 2.45) is 0 Å². The maximum absolute atomic E-state index is 10.9. The van der Waals surface area contributed by atoms with Crippen LogP contribution in [-0.4, -0.2) is 16.3 Å². The van der Waals surface area contributed by atoms with Gasteiger partial charge in [0.2, 0.25) is 0 Å². The lowest BCUT2D eigenvalue weighted by atomic mass is 9.84. The average Bonchev–Trinajstić information content (AvgIpc) is 2.18. The zero-order valence-electron chi connectivity index (χ0n) is 9.11. The van der Waals surface area contributed by atoms with Gasteiger partial charge in [0, 0.05) is 17.2 Å². The minimum absolute atomic E-state index is 0.312. The van der Waals surface area contributed by atoms with Gasteiger partial charge in [0.05, 0.1) is 5.69 Å². The molecule has 76 valence electrons. The SMILES string of the molecule is CC(C)c1ncncc1C(C)(C)C=O. The van der Waals surface area contributed by atoms with Crippen LogP contribution in [-0.2, 0) is 10.2 Å². The molecule has 0 fully saturated rings. The molecule has 0 unspecified atom stereocenters. The lowest BCUT2D eigenvalue weighted by Crippen LogP contribution is -2.22. The van der Waals surface area contributed by atoms with E-state index in [-0.39, 0.29) is 0 Å². The molecule has 0 radical (unpaired) electrons. The van der Waals surface area contributed by atoms with E-state index in [1.807, 2.05) is 13.8 Å². The van der Waals surface area contributed by atoms with E-state index in [1.54, 1.807) is 6.20 Å². The smallest absolute Gasteiger partial charge is 0.130 e. The first-order chi connectivity index (χ1) is 6.49. The molecule has 0 bridgehead atoms. The second-order valence-electron chi connectivity index (χ2n) is 4.32. The van der Waals surface area contributed by atoms with Crippen LogP contribution in [0.5, 0.6) is 0 Å². The van der Waals surface area contributed by atoms with Gasteiger partial charge in [-0.05, 0) is 19.8 Å². The Bertz CT molecular complexity index is 332. The van der Waals surface area contributed by atoms with Crippen LogP contribution >= 0.6 is 0 Å². The number of aldehydes is 1. The predicted molar refractivity (Wildman–Crippen MR) is 55.2 cm³/mol. The number of carbonyl (C=O) groups excluding carboxylic acids is 1. The van der Waals surface area contributed by atoms with E-state index >= 15 is 0 Å². The van der Waals surface area contributed by atoms with Crippen molar-refractivity contribution in [3.05, 3.63) is 23.8 Å². The normalized spacial score (nSPS) is 11.8. The fourth-order valence-electron chi connectivity index (χ4n) is 1.36. The Morgan fingerprint density at radius 1 is 1.43 bits per heavy atom. The van der Waals surface area contributed by atoms with Crippen LogP contribution in [0.15, 0.2) is 12.5 Å². The third-order valence-electron chi connectivity index (χ3n) is 2.28. The lowest BCUT2D eigenvalue weighted by Gasteiger charge is -2.21. The summed E-state index contributed by atoms with van der Waals surface area (Å²) in [5, 5.41) is 0. The van der Waals surface area contributed by atoms with E-state index in [9.17, 15) is 4.79 Å². The molecule has 14 heavy (non-hydrogen) atoms. The zero-order chi connectivity index (χ0) is 10.8. The third-order valence-corrected chi connectivity index (χ3v) is 2.28. The molecule has 0 aliphatic rings. The molecule has 1 aromatic rings. The fourth-order valence-corrected chi connectivity index (χ4v) is 1.36. The summed E-state index contributed by atoms with van der Waals surface area (Å²) in [5.41, 5.74) is 1.38. The molecule has 0 spiro atoms. The van der Waals surface area contributed by atoms with Crippen molar-refractivity contribution >= 4 is 6.29 Å². The second-order valence-corrected chi connectivity index (χ2v) is 4.32. The molecule has 3 heteroatoms. The largest absolute Gasteiger partial charge is 0.302 e. The van der Waals surface area contributed by atoms with Crippen molar-refractivity contribution in [1.29, 1.82) is 0 Å². The molecule has 0 atom stereocenters. The molecule has 0 aliphatic heterocycles. The van der Waals surface area contributed by atoms with Crippen molar-refractivity contribution in [3.63, 3.8) is 0 Å². The summed E-state index contributed by atoms with van der Waals surface area (Å²) in [6.07, 6.45) is 4.20. The van der Waals surface area contributed by atoms with E-state index in [2.05, 4.69) is 23.8 Å². The van der Waals surface area contributed by atoms with E-state index in [0.717, 1.165) is 17.5 Å². The number of aromatic nitrogens is 2. The van der Waals surface area contributed by atoms with E-state index in [4.69, 9.17) is 0 Å². The Kier molecular flexibility index (Phi) is 2.99. The third kappa shape index (κ3) is 1.97. The lowest BCUT2D eigenvalue weighted by molar-refractivity contribution is -0.111. The Morgan fingerprint density at radius 3 is 2.57 bits per heavy atom. The van der Waals surface area contributed by atoms with Gasteiger partial charge < -0.3 is 4.79 Å². The minimum Gasteiger partial charge on any atom is -0.302 e. The summed E-state index contributed by atoms with van der Waals surface area (Å²) in [7, 11) is 0. The average molecular weight is 192 g/mol. The highest BCUT2D eigenvalue weighted by molar-refractivity contribution is 5.67.